The molecule has 1 nitrogen and oxygen atoms in total. The number of halogens is 3. The molecule has 112 valence electrons. The van der Waals surface area contributed by atoms with Crippen LogP contribution in [0.5, 0.6) is 0 Å². The molecule has 2 rings (SSSR count). The van der Waals surface area contributed by atoms with Gasteiger partial charge in [-0.3, -0.25) is 0 Å². The van der Waals surface area contributed by atoms with Gasteiger partial charge in [-0.1, -0.05) is 41.4 Å². The molecule has 2 aromatic rings. The Kier molecular flexibility index (Phi) is 6.04. The van der Waals surface area contributed by atoms with Gasteiger partial charge in [-0.25, -0.2) is 4.39 Å². The van der Waals surface area contributed by atoms with E-state index in [1.165, 1.54) is 6.07 Å². The van der Waals surface area contributed by atoms with Gasteiger partial charge < -0.3 is 5.32 Å². The molecule has 1 atom stereocenters. The highest BCUT2D eigenvalue weighted by Crippen LogP contribution is 2.25. The monoisotopic (exact) mass is 325 g/mol. The Morgan fingerprint density at radius 1 is 1.05 bits per heavy atom. The molecule has 0 saturated heterocycles. The molecule has 0 saturated carbocycles. The van der Waals surface area contributed by atoms with E-state index in [2.05, 4.69) is 5.32 Å². The lowest BCUT2D eigenvalue weighted by atomic mass is 9.92. The second kappa shape index (κ2) is 7.79. The van der Waals surface area contributed by atoms with Gasteiger partial charge in [0.1, 0.15) is 5.82 Å². The SMILES string of the molecule is CNCC(Cc1ccccc1F)Cc1cc(Cl)ccc1Cl. The average molecular weight is 326 g/mol. The van der Waals surface area contributed by atoms with Crippen LogP contribution in [0.3, 0.4) is 0 Å². The first kappa shape index (κ1) is 16.3. The number of hydrogen-bond donors (Lipinski definition) is 1. The van der Waals surface area contributed by atoms with E-state index in [-0.39, 0.29) is 11.7 Å². The van der Waals surface area contributed by atoms with Crippen LogP contribution in [0.2, 0.25) is 10.0 Å². The van der Waals surface area contributed by atoms with Gasteiger partial charge in [0.05, 0.1) is 0 Å². The van der Waals surface area contributed by atoms with Crippen LogP contribution < -0.4 is 5.32 Å². The zero-order valence-corrected chi connectivity index (χ0v) is 13.4. The Morgan fingerprint density at radius 3 is 2.48 bits per heavy atom. The van der Waals surface area contributed by atoms with Crippen molar-refractivity contribution in [3.05, 3.63) is 69.5 Å². The highest BCUT2D eigenvalue weighted by atomic mass is 35.5. The third-order valence-electron chi connectivity index (χ3n) is 3.48. The molecule has 0 amide bonds. The molecule has 0 radical (unpaired) electrons. The minimum Gasteiger partial charge on any atom is -0.319 e. The molecule has 0 bridgehead atoms. The van der Waals surface area contributed by atoms with Crippen molar-refractivity contribution < 1.29 is 4.39 Å². The van der Waals surface area contributed by atoms with E-state index in [1.54, 1.807) is 18.2 Å². The molecule has 2 aromatic carbocycles. The van der Waals surface area contributed by atoms with E-state index in [9.17, 15) is 4.39 Å². The highest BCUT2D eigenvalue weighted by molar-refractivity contribution is 6.33. The lowest BCUT2D eigenvalue weighted by molar-refractivity contribution is 0.480. The molecule has 0 fully saturated rings. The van der Waals surface area contributed by atoms with Crippen molar-refractivity contribution >= 4 is 23.2 Å². The van der Waals surface area contributed by atoms with Crippen LogP contribution in [0.1, 0.15) is 11.1 Å². The molecule has 0 aliphatic rings. The van der Waals surface area contributed by atoms with E-state index in [0.29, 0.717) is 16.5 Å². The van der Waals surface area contributed by atoms with E-state index >= 15 is 0 Å². The van der Waals surface area contributed by atoms with Crippen molar-refractivity contribution in [3.63, 3.8) is 0 Å². The molecule has 0 aliphatic heterocycles. The quantitative estimate of drug-likeness (QED) is 0.807. The van der Waals surface area contributed by atoms with Crippen LogP contribution in [0, 0.1) is 11.7 Å². The van der Waals surface area contributed by atoms with Crippen molar-refractivity contribution in [3.8, 4) is 0 Å². The van der Waals surface area contributed by atoms with Crippen molar-refractivity contribution in [2.24, 2.45) is 5.92 Å². The predicted octanol–water partition coefficient (Wildman–Crippen LogP) is 4.75. The van der Waals surface area contributed by atoms with Gasteiger partial charge in [0.15, 0.2) is 0 Å². The number of nitrogens with one attached hydrogen (secondary N) is 1. The van der Waals surface area contributed by atoms with Crippen molar-refractivity contribution in [1.82, 2.24) is 5.32 Å². The summed E-state index contributed by atoms with van der Waals surface area (Å²) in [6.07, 6.45) is 1.42. The Bertz CT molecular complexity index is 601. The van der Waals surface area contributed by atoms with Crippen molar-refractivity contribution in [2.45, 2.75) is 12.8 Å². The van der Waals surface area contributed by atoms with E-state index < -0.39 is 0 Å². The van der Waals surface area contributed by atoms with Crippen LogP contribution in [0.25, 0.3) is 0 Å². The summed E-state index contributed by atoms with van der Waals surface area (Å²) in [7, 11) is 1.90. The Labute approximate surface area is 135 Å². The van der Waals surface area contributed by atoms with E-state index in [4.69, 9.17) is 23.2 Å². The van der Waals surface area contributed by atoms with E-state index in [1.807, 2.05) is 25.2 Å². The summed E-state index contributed by atoms with van der Waals surface area (Å²) in [5.74, 6) is 0.0960. The second-order valence-electron chi connectivity index (χ2n) is 5.16. The zero-order chi connectivity index (χ0) is 15.2. The maximum atomic E-state index is 13.8. The van der Waals surface area contributed by atoms with Gasteiger partial charge >= 0.3 is 0 Å². The molecular weight excluding hydrogens is 308 g/mol. The highest BCUT2D eigenvalue weighted by Gasteiger charge is 2.14. The average Bonchev–Trinajstić information content (AvgIpc) is 2.45. The third-order valence-corrected chi connectivity index (χ3v) is 4.08. The summed E-state index contributed by atoms with van der Waals surface area (Å²) < 4.78 is 13.8. The molecule has 0 spiro atoms. The first-order chi connectivity index (χ1) is 10.1. The number of hydrogen-bond acceptors (Lipinski definition) is 1. The minimum absolute atomic E-state index is 0.157. The summed E-state index contributed by atoms with van der Waals surface area (Å²) in [6.45, 7) is 0.789. The third kappa shape index (κ3) is 4.70. The first-order valence-corrected chi connectivity index (χ1v) is 7.67. The summed E-state index contributed by atoms with van der Waals surface area (Å²) in [6, 6.07) is 12.4. The zero-order valence-electron chi connectivity index (χ0n) is 11.9. The largest absolute Gasteiger partial charge is 0.319 e. The number of benzene rings is 2. The van der Waals surface area contributed by atoms with Crippen molar-refractivity contribution in [2.75, 3.05) is 13.6 Å². The molecule has 1 N–H and O–H groups in total. The topological polar surface area (TPSA) is 12.0 Å². The first-order valence-electron chi connectivity index (χ1n) is 6.92. The maximum Gasteiger partial charge on any atom is 0.126 e. The lowest BCUT2D eigenvalue weighted by Gasteiger charge is -2.18. The van der Waals surface area contributed by atoms with Gasteiger partial charge in [0, 0.05) is 10.0 Å². The molecule has 0 aromatic heterocycles. The van der Waals surface area contributed by atoms with Crippen LogP contribution in [-0.4, -0.2) is 13.6 Å². The van der Waals surface area contributed by atoms with Crippen LogP contribution in [0.4, 0.5) is 4.39 Å². The smallest absolute Gasteiger partial charge is 0.126 e. The molecule has 0 heterocycles. The molecular formula is C17H18Cl2FN. The fourth-order valence-electron chi connectivity index (χ4n) is 2.49. The molecule has 4 heteroatoms. The normalized spacial score (nSPS) is 12.4. The van der Waals surface area contributed by atoms with Gasteiger partial charge in [-0.2, -0.15) is 0 Å². The lowest BCUT2D eigenvalue weighted by Crippen LogP contribution is -2.23. The van der Waals surface area contributed by atoms with Crippen LogP contribution in [-0.2, 0) is 12.8 Å². The number of rotatable bonds is 6. The second-order valence-corrected chi connectivity index (χ2v) is 6.00. The molecule has 1 unspecified atom stereocenters. The van der Waals surface area contributed by atoms with Crippen LogP contribution in [0.15, 0.2) is 42.5 Å². The Balaban J connectivity index is 2.16. The van der Waals surface area contributed by atoms with Crippen molar-refractivity contribution in [1.29, 1.82) is 0 Å². The standard InChI is InChI=1S/C17H18Cl2FN/c1-21-11-12(8-13-4-2-3-5-17(13)20)9-14-10-15(18)6-7-16(14)19/h2-7,10,12,21H,8-9,11H2,1H3. The summed E-state index contributed by atoms with van der Waals surface area (Å²) in [5.41, 5.74) is 1.73. The van der Waals surface area contributed by atoms with Gasteiger partial charge in [-0.05, 0) is 67.7 Å². The Morgan fingerprint density at radius 2 is 1.76 bits per heavy atom. The van der Waals surface area contributed by atoms with Gasteiger partial charge in [0.2, 0.25) is 0 Å². The van der Waals surface area contributed by atoms with Gasteiger partial charge in [0.25, 0.3) is 0 Å². The Hall–Kier alpha value is -1.09. The predicted molar refractivity (Wildman–Crippen MR) is 87.7 cm³/mol. The fourth-order valence-corrected chi connectivity index (χ4v) is 2.88. The maximum absolute atomic E-state index is 13.8. The fraction of sp³-hybridized carbons (Fsp3) is 0.294. The van der Waals surface area contributed by atoms with E-state index in [0.717, 1.165) is 24.1 Å². The minimum atomic E-state index is -0.157. The summed E-state index contributed by atoms with van der Waals surface area (Å²) in [4.78, 5) is 0. The molecule has 21 heavy (non-hydrogen) atoms. The van der Waals surface area contributed by atoms with Gasteiger partial charge in [-0.15, -0.1) is 0 Å². The van der Waals surface area contributed by atoms with Crippen LogP contribution >= 0.6 is 23.2 Å². The summed E-state index contributed by atoms with van der Waals surface area (Å²) in [5, 5.41) is 4.54. The molecule has 0 aliphatic carbocycles. The summed E-state index contributed by atoms with van der Waals surface area (Å²) >= 11 is 12.3.